The molecule has 2 saturated heterocycles. The van der Waals surface area contributed by atoms with Crippen molar-refractivity contribution in [3.05, 3.63) is 47.9 Å². The fraction of sp³-hybridized carbons (Fsp3) is 0.450. The van der Waals surface area contributed by atoms with Gasteiger partial charge in [0.05, 0.1) is 11.5 Å². The molecule has 6 heteroatoms. The molecule has 0 aliphatic carbocycles. The molecule has 6 nitrogen and oxygen atoms in total. The maximum atomic E-state index is 11.9. The van der Waals surface area contributed by atoms with Crippen molar-refractivity contribution in [1.29, 1.82) is 0 Å². The molecule has 1 unspecified atom stereocenters. The third kappa shape index (κ3) is 3.36. The van der Waals surface area contributed by atoms with Crippen LogP contribution in [0.4, 0.5) is 5.82 Å². The molecular weight excluding hydrogens is 328 g/mol. The lowest BCUT2D eigenvalue weighted by atomic mass is 9.84. The van der Waals surface area contributed by atoms with Crippen LogP contribution in [-0.2, 0) is 4.79 Å². The molecule has 0 radical (unpaired) electrons. The number of aliphatic hydroxyl groups is 1. The highest BCUT2D eigenvalue weighted by Crippen LogP contribution is 2.44. The van der Waals surface area contributed by atoms with Crippen molar-refractivity contribution < 1.29 is 9.90 Å². The fourth-order valence-corrected chi connectivity index (χ4v) is 4.37. The van der Waals surface area contributed by atoms with Crippen LogP contribution in [0.25, 0.3) is 5.57 Å². The van der Waals surface area contributed by atoms with Crippen molar-refractivity contribution in [1.82, 2.24) is 15.1 Å². The molecule has 2 aliphatic rings. The fourth-order valence-electron chi connectivity index (χ4n) is 4.37. The number of amides is 1. The standard InChI is InChI=1S/C20H26N4O2/c1-4-5-6-17(12(2)25)19-11-18(20(21)23-22-19)14-9-15-7-8-16(10-14)24(15)13(3)26/h4-6,11,14-16,25H,1,7-10H2,2-3H3,(H2,21,23)/b6-5-,17-12-/t14?,15-,16+. The van der Waals surface area contributed by atoms with Crippen LogP contribution in [0.2, 0.25) is 0 Å². The first-order valence-electron chi connectivity index (χ1n) is 9.03. The van der Waals surface area contributed by atoms with Crippen molar-refractivity contribution in [3.8, 4) is 0 Å². The number of nitrogens with zero attached hydrogens (tertiary/aromatic N) is 3. The lowest BCUT2D eigenvalue weighted by molar-refractivity contribution is -0.133. The first-order chi connectivity index (χ1) is 12.4. The van der Waals surface area contributed by atoms with E-state index in [9.17, 15) is 9.90 Å². The minimum Gasteiger partial charge on any atom is -0.512 e. The molecule has 1 aromatic rings. The molecular formula is C20H26N4O2. The number of carbonyl (C=O) groups excluding carboxylic acids is 1. The monoisotopic (exact) mass is 354 g/mol. The van der Waals surface area contributed by atoms with Gasteiger partial charge in [-0.15, -0.1) is 10.2 Å². The number of piperidine rings is 1. The molecule has 3 rings (SSSR count). The molecule has 3 atom stereocenters. The SMILES string of the molecule is C=C/C=C\C(=C(/C)O)c1cc(C2C[C@H]3CC[C@@H](C2)N3C(C)=O)c(N)nn1. The topological polar surface area (TPSA) is 92.3 Å². The number of fused-ring (bicyclic) bond motifs is 2. The average molecular weight is 354 g/mol. The number of hydrogen-bond donors (Lipinski definition) is 2. The summed E-state index contributed by atoms with van der Waals surface area (Å²) in [5, 5.41) is 18.3. The molecule has 0 aromatic carbocycles. The second-order valence-electron chi connectivity index (χ2n) is 7.14. The summed E-state index contributed by atoms with van der Waals surface area (Å²) in [6.07, 6.45) is 9.04. The van der Waals surface area contributed by atoms with Crippen molar-refractivity contribution in [2.45, 2.75) is 57.5 Å². The zero-order valence-electron chi connectivity index (χ0n) is 15.4. The molecule has 3 N–H and O–H groups in total. The minimum absolute atomic E-state index is 0.160. The number of nitrogen functional groups attached to an aromatic ring is 1. The largest absolute Gasteiger partial charge is 0.512 e. The number of aromatic nitrogens is 2. The van der Waals surface area contributed by atoms with Gasteiger partial charge < -0.3 is 15.7 Å². The van der Waals surface area contributed by atoms with Crippen LogP contribution in [0.1, 0.15) is 56.7 Å². The van der Waals surface area contributed by atoms with E-state index in [1.54, 1.807) is 32.1 Å². The number of anilines is 1. The molecule has 2 bridgehead atoms. The van der Waals surface area contributed by atoms with Gasteiger partial charge in [0.2, 0.25) is 5.91 Å². The van der Waals surface area contributed by atoms with Gasteiger partial charge in [0.1, 0.15) is 5.82 Å². The molecule has 2 fully saturated rings. The minimum atomic E-state index is 0.160. The van der Waals surface area contributed by atoms with E-state index < -0.39 is 0 Å². The maximum Gasteiger partial charge on any atom is 0.219 e. The van der Waals surface area contributed by atoms with Gasteiger partial charge in [-0.05, 0) is 50.7 Å². The first kappa shape index (κ1) is 18.2. The highest BCUT2D eigenvalue weighted by Gasteiger charge is 2.42. The number of rotatable bonds is 4. The van der Waals surface area contributed by atoms with E-state index in [0.717, 1.165) is 31.2 Å². The smallest absolute Gasteiger partial charge is 0.219 e. The summed E-state index contributed by atoms with van der Waals surface area (Å²) in [7, 11) is 0. The van der Waals surface area contributed by atoms with Gasteiger partial charge in [-0.3, -0.25) is 4.79 Å². The number of aliphatic hydroxyl groups excluding tert-OH is 1. The molecule has 0 spiro atoms. The van der Waals surface area contributed by atoms with Crippen LogP contribution >= 0.6 is 0 Å². The van der Waals surface area contributed by atoms with E-state index in [1.807, 2.05) is 11.0 Å². The van der Waals surface area contributed by atoms with Gasteiger partial charge in [0, 0.05) is 30.1 Å². The predicted octanol–water partition coefficient (Wildman–Crippen LogP) is 3.35. The Hall–Kier alpha value is -2.63. The Morgan fingerprint density at radius 3 is 2.50 bits per heavy atom. The maximum absolute atomic E-state index is 11.9. The summed E-state index contributed by atoms with van der Waals surface area (Å²) < 4.78 is 0. The van der Waals surface area contributed by atoms with E-state index in [1.165, 1.54) is 0 Å². The van der Waals surface area contributed by atoms with Crippen LogP contribution in [0.15, 0.2) is 36.6 Å². The molecule has 3 heterocycles. The summed E-state index contributed by atoms with van der Waals surface area (Å²) in [5.74, 6) is 1.01. The highest BCUT2D eigenvalue weighted by atomic mass is 16.3. The highest BCUT2D eigenvalue weighted by molar-refractivity contribution is 5.75. The average Bonchev–Trinajstić information content (AvgIpc) is 2.87. The summed E-state index contributed by atoms with van der Waals surface area (Å²) in [6, 6.07) is 2.49. The lowest BCUT2D eigenvalue weighted by Gasteiger charge is -2.38. The predicted molar refractivity (Wildman–Crippen MR) is 102 cm³/mol. The molecule has 138 valence electrons. The molecule has 0 saturated carbocycles. The zero-order chi connectivity index (χ0) is 18.8. The zero-order valence-corrected chi connectivity index (χ0v) is 15.4. The van der Waals surface area contributed by atoms with Crippen molar-refractivity contribution in [2.75, 3.05) is 5.73 Å². The summed E-state index contributed by atoms with van der Waals surface area (Å²) in [5.41, 5.74) is 8.29. The number of allylic oxidation sites excluding steroid dienone is 5. The van der Waals surface area contributed by atoms with Crippen LogP contribution in [0.5, 0.6) is 0 Å². The third-order valence-corrected chi connectivity index (χ3v) is 5.45. The van der Waals surface area contributed by atoms with Crippen LogP contribution in [0, 0.1) is 0 Å². The number of carbonyl (C=O) groups is 1. The van der Waals surface area contributed by atoms with Crippen LogP contribution in [-0.4, -0.2) is 38.2 Å². The Morgan fingerprint density at radius 2 is 1.96 bits per heavy atom. The van der Waals surface area contributed by atoms with Gasteiger partial charge in [-0.1, -0.05) is 18.7 Å². The Kier molecular flexibility index (Phi) is 5.11. The van der Waals surface area contributed by atoms with Gasteiger partial charge >= 0.3 is 0 Å². The second kappa shape index (κ2) is 7.32. The normalized spacial score (nSPS) is 26.1. The van der Waals surface area contributed by atoms with Crippen molar-refractivity contribution in [3.63, 3.8) is 0 Å². The quantitative estimate of drug-likeness (QED) is 0.639. The van der Waals surface area contributed by atoms with E-state index >= 15 is 0 Å². The molecule has 1 aromatic heterocycles. The van der Waals surface area contributed by atoms with E-state index in [2.05, 4.69) is 16.8 Å². The Morgan fingerprint density at radius 1 is 1.31 bits per heavy atom. The number of hydrogen-bond acceptors (Lipinski definition) is 5. The van der Waals surface area contributed by atoms with E-state index in [4.69, 9.17) is 5.73 Å². The van der Waals surface area contributed by atoms with Crippen LogP contribution in [0.3, 0.4) is 0 Å². The second-order valence-corrected chi connectivity index (χ2v) is 7.14. The van der Waals surface area contributed by atoms with Crippen molar-refractivity contribution >= 4 is 17.3 Å². The van der Waals surface area contributed by atoms with Crippen LogP contribution < -0.4 is 5.73 Å². The molecule has 2 aliphatic heterocycles. The van der Waals surface area contributed by atoms with Gasteiger partial charge in [-0.2, -0.15) is 0 Å². The first-order valence-corrected chi connectivity index (χ1v) is 9.03. The van der Waals surface area contributed by atoms with E-state index in [-0.39, 0.29) is 29.7 Å². The van der Waals surface area contributed by atoms with E-state index in [0.29, 0.717) is 17.1 Å². The third-order valence-electron chi connectivity index (χ3n) is 5.45. The van der Waals surface area contributed by atoms with Gasteiger partial charge in [0.25, 0.3) is 0 Å². The summed E-state index contributed by atoms with van der Waals surface area (Å²) >= 11 is 0. The Bertz CT molecular complexity index is 766. The Balaban J connectivity index is 1.92. The Labute approximate surface area is 154 Å². The number of nitrogens with two attached hydrogens (primary N) is 1. The van der Waals surface area contributed by atoms with Gasteiger partial charge in [-0.25, -0.2) is 0 Å². The van der Waals surface area contributed by atoms with Crippen molar-refractivity contribution in [2.24, 2.45) is 0 Å². The molecule has 26 heavy (non-hydrogen) atoms. The lowest BCUT2D eigenvalue weighted by Crippen LogP contribution is -2.45. The molecule has 1 amide bonds. The van der Waals surface area contributed by atoms with Gasteiger partial charge in [0.15, 0.2) is 0 Å². The summed E-state index contributed by atoms with van der Waals surface area (Å²) in [6.45, 7) is 6.93. The summed E-state index contributed by atoms with van der Waals surface area (Å²) in [4.78, 5) is 14.0.